The van der Waals surface area contributed by atoms with Gasteiger partial charge in [0, 0.05) is 12.1 Å². The van der Waals surface area contributed by atoms with Gasteiger partial charge in [0.05, 0.1) is 12.1 Å². The van der Waals surface area contributed by atoms with E-state index in [2.05, 4.69) is 10.2 Å². The summed E-state index contributed by atoms with van der Waals surface area (Å²) >= 11 is 0. The van der Waals surface area contributed by atoms with Gasteiger partial charge in [-0.3, -0.25) is 9.59 Å². The lowest BCUT2D eigenvalue weighted by atomic mass is 10.2. The number of anilines is 1. The number of rotatable bonds is 6. The van der Waals surface area contributed by atoms with Gasteiger partial charge in [-0.05, 0) is 31.2 Å². The standard InChI is InChI=1S/C21H19N3O5/c1-14(20-22-23-21(29-20)15-7-3-2-4-8-15)28-19(26)11-12-24-16-9-5-6-10-17(16)27-13-18(24)25/h2-10,14H,11-13H2,1H3/t14-/m1/s1. The minimum atomic E-state index is -0.694. The first-order chi connectivity index (χ1) is 14.1. The van der Waals surface area contributed by atoms with Gasteiger partial charge >= 0.3 is 5.97 Å². The van der Waals surface area contributed by atoms with Crippen molar-refractivity contribution in [2.24, 2.45) is 0 Å². The van der Waals surface area contributed by atoms with Crippen LogP contribution in [0.15, 0.2) is 59.0 Å². The van der Waals surface area contributed by atoms with E-state index in [9.17, 15) is 9.59 Å². The van der Waals surface area contributed by atoms with Crippen molar-refractivity contribution in [2.45, 2.75) is 19.4 Å². The zero-order chi connectivity index (χ0) is 20.2. The van der Waals surface area contributed by atoms with Crippen LogP contribution in [-0.4, -0.2) is 35.2 Å². The van der Waals surface area contributed by atoms with Crippen LogP contribution in [0.5, 0.6) is 5.75 Å². The van der Waals surface area contributed by atoms with E-state index in [0.29, 0.717) is 17.3 Å². The van der Waals surface area contributed by atoms with E-state index in [4.69, 9.17) is 13.9 Å². The van der Waals surface area contributed by atoms with Crippen molar-refractivity contribution < 1.29 is 23.5 Å². The summed E-state index contributed by atoms with van der Waals surface area (Å²) in [6, 6.07) is 16.5. The molecular formula is C21H19N3O5. The highest BCUT2D eigenvalue weighted by atomic mass is 16.6. The largest absolute Gasteiger partial charge is 0.482 e. The molecular weight excluding hydrogens is 374 g/mol. The molecule has 0 N–H and O–H groups in total. The van der Waals surface area contributed by atoms with Crippen LogP contribution in [0.3, 0.4) is 0 Å². The minimum Gasteiger partial charge on any atom is -0.482 e. The first-order valence-electron chi connectivity index (χ1n) is 9.22. The molecule has 3 aromatic rings. The van der Waals surface area contributed by atoms with E-state index in [1.807, 2.05) is 42.5 Å². The SMILES string of the molecule is C[C@@H](OC(=O)CCN1C(=O)COc2ccccc21)c1nnc(-c2ccccc2)o1. The van der Waals surface area contributed by atoms with Crippen molar-refractivity contribution in [1.29, 1.82) is 0 Å². The summed E-state index contributed by atoms with van der Waals surface area (Å²) in [6.07, 6.45) is -0.662. The third kappa shape index (κ3) is 4.11. The van der Waals surface area contributed by atoms with Gasteiger partial charge in [0.2, 0.25) is 5.89 Å². The fraction of sp³-hybridized carbons (Fsp3) is 0.238. The fourth-order valence-electron chi connectivity index (χ4n) is 3.00. The molecule has 0 radical (unpaired) electrons. The molecule has 0 fully saturated rings. The molecule has 1 aromatic heterocycles. The summed E-state index contributed by atoms with van der Waals surface area (Å²) in [5.41, 5.74) is 1.43. The summed E-state index contributed by atoms with van der Waals surface area (Å²) in [4.78, 5) is 26.0. The molecule has 1 aliphatic heterocycles. The maximum absolute atomic E-state index is 12.3. The van der Waals surface area contributed by atoms with Crippen LogP contribution in [0.4, 0.5) is 5.69 Å². The third-order valence-electron chi connectivity index (χ3n) is 4.47. The topological polar surface area (TPSA) is 94.8 Å². The second kappa shape index (κ2) is 8.14. The molecule has 0 aliphatic carbocycles. The predicted octanol–water partition coefficient (Wildman–Crippen LogP) is 3.16. The Bertz CT molecular complexity index is 1020. The number of hydrogen-bond donors (Lipinski definition) is 0. The summed E-state index contributed by atoms with van der Waals surface area (Å²) in [5, 5.41) is 7.96. The smallest absolute Gasteiger partial charge is 0.308 e. The minimum absolute atomic E-state index is 0.0318. The number of aromatic nitrogens is 2. The molecule has 0 saturated heterocycles. The zero-order valence-electron chi connectivity index (χ0n) is 15.8. The van der Waals surface area contributed by atoms with E-state index < -0.39 is 12.1 Å². The van der Waals surface area contributed by atoms with Crippen molar-refractivity contribution in [2.75, 3.05) is 18.1 Å². The highest BCUT2D eigenvalue weighted by Crippen LogP contribution is 2.31. The molecule has 0 unspecified atom stereocenters. The number of esters is 1. The van der Waals surface area contributed by atoms with Crippen LogP contribution >= 0.6 is 0 Å². The lowest BCUT2D eigenvalue weighted by Gasteiger charge is -2.29. The predicted molar refractivity (Wildman–Crippen MR) is 103 cm³/mol. The summed E-state index contributed by atoms with van der Waals surface area (Å²) in [5.74, 6) is 0.528. The monoisotopic (exact) mass is 393 g/mol. The lowest BCUT2D eigenvalue weighted by molar-refractivity contribution is -0.149. The van der Waals surface area contributed by atoms with E-state index in [1.165, 1.54) is 4.90 Å². The Morgan fingerprint density at radius 1 is 1.14 bits per heavy atom. The number of nitrogens with zero attached hydrogens (tertiary/aromatic N) is 3. The second-order valence-corrected chi connectivity index (χ2v) is 6.50. The lowest BCUT2D eigenvalue weighted by Crippen LogP contribution is -2.40. The molecule has 148 valence electrons. The van der Waals surface area contributed by atoms with E-state index in [1.54, 1.807) is 19.1 Å². The molecule has 0 saturated carbocycles. The van der Waals surface area contributed by atoms with Crippen molar-refractivity contribution in [1.82, 2.24) is 10.2 Å². The van der Waals surface area contributed by atoms with Crippen molar-refractivity contribution in [3.63, 3.8) is 0 Å². The molecule has 1 aliphatic rings. The van der Waals surface area contributed by atoms with Crippen molar-refractivity contribution in [3.8, 4) is 17.2 Å². The molecule has 1 amide bonds. The Kier molecular flexibility index (Phi) is 5.24. The van der Waals surface area contributed by atoms with Gasteiger partial charge in [0.1, 0.15) is 5.75 Å². The number of fused-ring (bicyclic) bond motifs is 1. The van der Waals surface area contributed by atoms with Crippen LogP contribution in [-0.2, 0) is 14.3 Å². The van der Waals surface area contributed by atoms with Crippen LogP contribution in [0.2, 0.25) is 0 Å². The molecule has 0 bridgehead atoms. The quantitative estimate of drug-likeness (QED) is 0.594. The van der Waals surface area contributed by atoms with E-state index in [0.717, 1.165) is 5.56 Å². The molecule has 4 rings (SSSR count). The average molecular weight is 393 g/mol. The van der Waals surface area contributed by atoms with E-state index >= 15 is 0 Å². The van der Waals surface area contributed by atoms with Gasteiger partial charge in [-0.1, -0.05) is 30.3 Å². The average Bonchev–Trinajstić information content (AvgIpc) is 3.24. The van der Waals surface area contributed by atoms with Gasteiger partial charge < -0.3 is 18.8 Å². The first-order valence-corrected chi connectivity index (χ1v) is 9.22. The number of carbonyl (C=O) groups excluding carboxylic acids is 2. The van der Waals surface area contributed by atoms with Gasteiger partial charge in [-0.15, -0.1) is 10.2 Å². The van der Waals surface area contributed by atoms with Gasteiger partial charge in [0.15, 0.2) is 12.7 Å². The molecule has 29 heavy (non-hydrogen) atoms. The Morgan fingerprint density at radius 3 is 2.72 bits per heavy atom. The highest BCUT2D eigenvalue weighted by molar-refractivity contribution is 5.98. The van der Waals surface area contributed by atoms with Crippen molar-refractivity contribution in [3.05, 3.63) is 60.5 Å². The Hall–Kier alpha value is -3.68. The number of carbonyl (C=O) groups is 2. The van der Waals surface area contributed by atoms with Crippen LogP contribution in [0, 0.1) is 0 Å². The van der Waals surface area contributed by atoms with Crippen molar-refractivity contribution >= 4 is 17.6 Å². The summed E-state index contributed by atoms with van der Waals surface area (Å²) in [6.45, 7) is 1.81. The molecule has 2 heterocycles. The summed E-state index contributed by atoms with van der Waals surface area (Å²) in [7, 11) is 0. The van der Waals surface area contributed by atoms with Gasteiger partial charge in [-0.25, -0.2) is 0 Å². The maximum Gasteiger partial charge on any atom is 0.308 e. The van der Waals surface area contributed by atoms with Gasteiger partial charge in [0.25, 0.3) is 11.8 Å². The van der Waals surface area contributed by atoms with E-state index in [-0.39, 0.29) is 31.4 Å². The summed E-state index contributed by atoms with van der Waals surface area (Å²) < 4.78 is 16.4. The Morgan fingerprint density at radius 2 is 1.90 bits per heavy atom. The normalized spacial score (nSPS) is 14.1. The molecule has 2 aromatic carbocycles. The molecule has 1 atom stereocenters. The maximum atomic E-state index is 12.3. The number of para-hydroxylation sites is 2. The zero-order valence-corrected chi connectivity index (χ0v) is 15.8. The number of hydrogen-bond acceptors (Lipinski definition) is 7. The van der Waals surface area contributed by atoms with Crippen LogP contribution in [0.1, 0.15) is 25.3 Å². The van der Waals surface area contributed by atoms with Crippen LogP contribution < -0.4 is 9.64 Å². The van der Waals surface area contributed by atoms with Crippen LogP contribution in [0.25, 0.3) is 11.5 Å². The fourth-order valence-corrected chi connectivity index (χ4v) is 3.00. The Balaban J connectivity index is 1.36. The third-order valence-corrected chi connectivity index (χ3v) is 4.47. The molecule has 8 heteroatoms. The molecule has 8 nitrogen and oxygen atoms in total. The first kappa shape index (κ1) is 18.7. The highest BCUT2D eigenvalue weighted by Gasteiger charge is 2.26. The Labute approximate surface area is 167 Å². The number of benzene rings is 2. The number of amides is 1. The second-order valence-electron chi connectivity index (χ2n) is 6.50. The molecule has 0 spiro atoms. The van der Waals surface area contributed by atoms with Gasteiger partial charge in [-0.2, -0.15) is 0 Å². The number of ether oxygens (including phenoxy) is 2.